The van der Waals surface area contributed by atoms with Gasteiger partial charge >= 0.3 is 5.97 Å². The Kier molecular flexibility index (Phi) is 7.14. The Morgan fingerprint density at radius 1 is 1.19 bits per heavy atom. The number of amides is 2. The van der Waals surface area contributed by atoms with Gasteiger partial charge in [-0.2, -0.15) is 0 Å². The molecule has 1 atom stereocenters. The van der Waals surface area contributed by atoms with Crippen molar-refractivity contribution in [3.63, 3.8) is 0 Å². The second kappa shape index (κ2) is 8.61. The van der Waals surface area contributed by atoms with Crippen LogP contribution in [0.3, 0.4) is 0 Å². The van der Waals surface area contributed by atoms with Gasteiger partial charge in [0.05, 0.1) is 12.5 Å². The summed E-state index contributed by atoms with van der Waals surface area (Å²) in [6.45, 7) is 5.47. The fourth-order valence-electron chi connectivity index (χ4n) is 2.50. The van der Waals surface area contributed by atoms with Gasteiger partial charge in [-0.15, -0.1) is 0 Å². The third-order valence-electron chi connectivity index (χ3n) is 3.57. The lowest BCUT2D eigenvalue weighted by atomic mass is 10.2. The van der Waals surface area contributed by atoms with E-state index in [4.69, 9.17) is 5.11 Å². The number of carbonyl (C=O) groups excluding carboxylic acids is 2. The fraction of sp³-hybridized carbons (Fsp3) is 0.786. The number of hydrogen-bond donors (Lipinski definition) is 3. The fourth-order valence-corrected chi connectivity index (χ4v) is 2.50. The molecule has 0 saturated carbocycles. The van der Waals surface area contributed by atoms with E-state index < -0.39 is 5.97 Å². The minimum atomic E-state index is -0.946. The summed E-state index contributed by atoms with van der Waals surface area (Å²) >= 11 is 0. The lowest BCUT2D eigenvalue weighted by Crippen LogP contribution is -2.46. The Hall–Kier alpha value is -1.63. The third kappa shape index (κ3) is 6.12. The SMILES string of the molecule is CC(C)N1CCCC1C(=O)NCCC(=O)NCCC(=O)O. The summed E-state index contributed by atoms with van der Waals surface area (Å²) in [6.07, 6.45) is 1.95. The van der Waals surface area contributed by atoms with E-state index in [1.165, 1.54) is 0 Å². The van der Waals surface area contributed by atoms with E-state index in [-0.39, 0.29) is 43.8 Å². The quantitative estimate of drug-likeness (QED) is 0.584. The van der Waals surface area contributed by atoms with E-state index in [0.29, 0.717) is 6.04 Å². The van der Waals surface area contributed by atoms with Crippen LogP contribution in [0, 0.1) is 0 Å². The minimum Gasteiger partial charge on any atom is -0.481 e. The Bertz CT molecular complexity index is 384. The summed E-state index contributed by atoms with van der Waals surface area (Å²) in [7, 11) is 0. The van der Waals surface area contributed by atoms with E-state index in [2.05, 4.69) is 29.4 Å². The summed E-state index contributed by atoms with van der Waals surface area (Å²) in [6, 6.07) is 0.239. The van der Waals surface area contributed by atoms with Gasteiger partial charge in [-0.3, -0.25) is 19.3 Å². The molecule has 3 N–H and O–H groups in total. The Labute approximate surface area is 125 Å². The number of carbonyl (C=O) groups is 3. The average molecular weight is 299 g/mol. The lowest BCUT2D eigenvalue weighted by molar-refractivity contribution is -0.137. The molecular weight excluding hydrogens is 274 g/mol. The van der Waals surface area contributed by atoms with E-state index >= 15 is 0 Å². The summed E-state index contributed by atoms with van der Waals surface area (Å²) in [5.41, 5.74) is 0. The zero-order valence-corrected chi connectivity index (χ0v) is 12.7. The second-order valence-electron chi connectivity index (χ2n) is 5.52. The van der Waals surface area contributed by atoms with Crippen LogP contribution < -0.4 is 10.6 Å². The smallest absolute Gasteiger partial charge is 0.305 e. The van der Waals surface area contributed by atoms with Gasteiger partial charge in [0.25, 0.3) is 0 Å². The van der Waals surface area contributed by atoms with Crippen molar-refractivity contribution >= 4 is 17.8 Å². The third-order valence-corrected chi connectivity index (χ3v) is 3.57. The van der Waals surface area contributed by atoms with E-state index in [9.17, 15) is 14.4 Å². The van der Waals surface area contributed by atoms with Crippen LogP contribution >= 0.6 is 0 Å². The molecule has 0 bridgehead atoms. The molecule has 1 rings (SSSR count). The molecule has 1 fully saturated rings. The van der Waals surface area contributed by atoms with Crippen LogP contribution in [0.2, 0.25) is 0 Å². The van der Waals surface area contributed by atoms with Gasteiger partial charge in [0.2, 0.25) is 11.8 Å². The Morgan fingerprint density at radius 3 is 2.48 bits per heavy atom. The Morgan fingerprint density at radius 2 is 1.86 bits per heavy atom. The molecule has 21 heavy (non-hydrogen) atoms. The molecule has 2 amide bonds. The summed E-state index contributed by atoms with van der Waals surface area (Å²) in [5.74, 6) is -1.22. The predicted octanol–water partition coefficient (Wildman–Crippen LogP) is -0.0436. The van der Waals surface area contributed by atoms with Gasteiger partial charge in [0.1, 0.15) is 0 Å². The first kappa shape index (κ1) is 17.4. The number of aliphatic carboxylic acids is 1. The highest BCUT2D eigenvalue weighted by atomic mass is 16.4. The van der Waals surface area contributed by atoms with Crippen molar-refractivity contribution < 1.29 is 19.5 Å². The van der Waals surface area contributed by atoms with Crippen molar-refractivity contribution in [2.45, 2.75) is 51.6 Å². The number of likely N-dealkylation sites (tertiary alicyclic amines) is 1. The van der Waals surface area contributed by atoms with Crippen LogP contribution in [-0.2, 0) is 14.4 Å². The lowest BCUT2D eigenvalue weighted by Gasteiger charge is -2.27. The maximum atomic E-state index is 12.1. The number of nitrogens with zero attached hydrogens (tertiary/aromatic N) is 1. The van der Waals surface area contributed by atoms with E-state index in [0.717, 1.165) is 19.4 Å². The molecule has 0 aromatic carbocycles. The zero-order chi connectivity index (χ0) is 15.8. The van der Waals surface area contributed by atoms with Crippen molar-refractivity contribution in [1.29, 1.82) is 0 Å². The molecule has 1 unspecified atom stereocenters. The summed E-state index contributed by atoms with van der Waals surface area (Å²) < 4.78 is 0. The van der Waals surface area contributed by atoms with Crippen LogP contribution in [0.1, 0.15) is 39.5 Å². The first-order valence-corrected chi connectivity index (χ1v) is 7.43. The standard InChI is InChI=1S/C14H25N3O4/c1-10(2)17-9-3-4-11(17)14(21)16-7-5-12(18)15-8-6-13(19)20/h10-11H,3-9H2,1-2H3,(H,15,18)(H,16,21)(H,19,20). The zero-order valence-electron chi connectivity index (χ0n) is 12.7. The Balaban J connectivity index is 2.21. The van der Waals surface area contributed by atoms with Crippen molar-refractivity contribution in [3.8, 4) is 0 Å². The maximum Gasteiger partial charge on any atom is 0.305 e. The molecular formula is C14H25N3O4. The topological polar surface area (TPSA) is 98.7 Å². The number of carboxylic acid groups (broad SMARTS) is 1. The maximum absolute atomic E-state index is 12.1. The number of carboxylic acids is 1. The van der Waals surface area contributed by atoms with Crippen molar-refractivity contribution in [2.75, 3.05) is 19.6 Å². The molecule has 1 aliphatic heterocycles. The molecule has 0 aromatic rings. The average Bonchev–Trinajstić information content (AvgIpc) is 2.87. The predicted molar refractivity (Wildman–Crippen MR) is 77.8 cm³/mol. The van der Waals surface area contributed by atoms with Gasteiger partial charge in [-0.1, -0.05) is 0 Å². The monoisotopic (exact) mass is 299 g/mol. The number of nitrogens with one attached hydrogen (secondary N) is 2. The molecule has 1 aliphatic rings. The molecule has 0 aromatic heterocycles. The van der Waals surface area contributed by atoms with Crippen LogP contribution in [0.5, 0.6) is 0 Å². The van der Waals surface area contributed by atoms with Crippen molar-refractivity contribution in [2.24, 2.45) is 0 Å². The molecule has 120 valence electrons. The van der Waals surface area contributed by atoms with Crippen LogP contribution in [0.25, 0.3) is 0 Å². The van der Waals surface area contributed by atoms with Crippen LogP contribution in [-0.4, -0.2) is 59.5 Å². The molecule has 1 saturated heterocycles. The van der Waals surface area contributed by atoms with Crippen LogP contribution in [0.4, 0.5) is 0 Å². The molecule has 0 radical (unpaired) electrons. The highest BCUT2D eigenvalue weighted by molar-refractivity contribution is 5.83. The van der Waals surface area contributed by atoms with Gasteiger partial charge in [0, 0.05) is 25.6 Å². The van der Waals surface area contributed by atoms with E-state index in [1.807, 2.05) is 0 Å². The summed E-state index contributed by atoms with van der Waals surface area (Å²) in [4.78, 5) is 36.0. The molecule has 0 aliphatic carbocycles. The van der Waals surface area contributed by atoms with E-state index in [1.54, 1.807) is 0 Å². The largest absolute Gasteiger partial charge is 0.481 e. The number of hydrogen-bond acceptors (Lipinski definition) is 4. The molecule has 7 nitrogen and oxygen atoms in total. The molecule has 1 heterocycles. The van der Waals surface area contributed by atoms with Crippen LogP contribution in [0.15, 0.2) is 0 Å². The minimum absolute atomic E-state index is 0.0282. The van der Waals surface area contributed by atoms with Gasteiger partial charge < -0.3 is 15.7 Å². The van der Waals surface area contributed by atoms with Gasteiger partial charge in [-0.25, -0.2) is 0 Å². The molecule has 7 heteroatoms. The normalized spacial score (nSPS) is 18.7. The second-order valence-corrected chi connectivity index (χ2v) is 5.52. The first-order valence-electron chi connectivity index (χ1n) is 7.43. The van der Waals surface area contributed by atoms with Gasteiger partial charge in [0.15, 0.2) is 0 Å². The van der Waals surface area contributed by atoms with Crippen molar-refractivity contribution in [3.05, 3.63) is 0 Å². The van der Waals surface area contributed by atoms with Gasteiger partial charge in [-0.05, 0) is 33.2 Å². The highest BCUT2D eigenvalue weighted by Crippen LogP contribution is 2.19. The number of rotatable bonds is 8. The first-order chi connectivity index (χ1) is 9.91. The summed E-state index contributed by atoms with van der Waals surface area (Å²) in [5, 5.41) is 13.7. The highest BCUT2D eigenvalue weighted by Gasteiger charge is 2.31. The van der Waals surface area contributed by atoms with Crippen molar-refractivity contribution in [1.82, 2.24) is 15.5 Å². The molecule has 0 spiro atoms.